The van der Waals surface area contributed by atoms with E-state index in [2.05, 4.69) is 133 Å². The maximum absolute atomic E-state index is 10.5. The van der Waals surface area contributed by atoms with E-state index >= 15 is 0 Å². The summed E-state index contributed by atoms with van der Waals surface area (Å²) in [7, 11) is 3.52. The van der Waals surface area contributed by atoms with Crippen molar-refractivity contribution in [1.82, 2.24) is 0 Å². The van der Waals surface area contributed by atoms with Gasteiger partial charge in [0.2, 0.25) is 0 Å². The number of hydrogen-bond acceptors (Lipinski definition) is 4. The molecular weight excluding hydrogens is 686 g/mol. The largest absolute Gasteiger partial charge is 0.555 e. The normalized spacial score (nSPS) is 11.4. The fraction of sp³-hybridized carbons (Fsp3) is 0. The second-order valence-corrected chi connectivity index (χ2v) is 13.9. The van der Waals surface area contributed by atoms with Crippen LogP contribution in [0.2, 0.25) is 0 Å². The van der Waals surface area contributed by atoms with Crippen LogP contribution in [0.25, 0.3) is 76.1 Å². The summed E-state index contributed by atoms with van der Waals surface area (Å²) in [5.74, 6) is 0.991. The molecule has 0 atom stereocenters. The molecule has 4 nitrogen and oxygen atoms in total. The van der Waals surface area contributed by atoms with Gasteiger partial charge in [-0.25, -0.2) is 0 Å². The van der Waals surface area contributed by atoms with E-state index in [-0.39, 0.29) is 11.5 Å². The Bertz CT molecular complexity index is 2810. The van der Waals surface area contributed by atoms with Crippen molar-refractivity contribution in [3.63, 3.8) is 0 Å². The van der Waals surface area contributed by atoms with Crippen LogP contribution in [0.3, 0.4) is 0 Å². The van der Waals surface area contributed by atoms with Crippen LogP contribution >= 0.6 is 0 Å². The van der Waals surface area contributed by atoms with Crippen LogP contribution in [-0.2, 0) is 0 Å². The predicted octanol–water partition coefficient (Wildman–Crippen LogP) is 10.8. The van der Waals surface area contributed by atoms with Crippen LogP contribution in [0.1, 0.15) is 0 Å². The highest BCUT2D eigenvalue weighted by molar-refractivity contribution is 6.58. The number of fused-ring (bicyclic) bond motifs is 5. The predicted molar refractivity (Wildman–Crippen MR) is 233 cm³/mol. The molecule has 262 valence electrons. The van der Waals surface area contributed by atoms with Gasteiger partial charge in [0.15, 0.2) is 11.5 Å². The second kappa shape index (κ2) is 13.9. The van der Waals surface area contributed by atoms with Gasteiger partial charge in [0.25, 0.3) is 0 Å². The molecule has 0 saturated heterocycles. The lowest BCUT2D eigenvalue weighted by Gasteiger charge is -2.21. The van der Waals surface area contributed by atoms with Crippen molar-refractivity contribution in [3.05, 3.63) is 182 Å². The molecule has 0 saturated carbocycles. The van der Waals surface area contributed by atoms with Crippen LogP contribution in [0.5, 0.6) is 23.0 Å². The Morgan fingerprint density at radius 2 is 0.554 bits per heavy atom. The zero-order chi connectivity index (χ0) is 37.6. The smallest absolute Gasteiger partial charge is 0.410 e. The molecular formula is C50H32B2O4. The fourth-order valence-electron chi connectivity index (χ4n) is 8.25. The van der Waals surface area contributed by atoms with E-state index in [0.29, 0.717) is 11.5 Å². The summed E-state index contributed by atoms with van der Waals surface area (Å²) in [4.78, 5) is 0. The quantitative estimate of drug-likeness (QED) is 0.121. The first-order chi connectivity index (χ1) is 27.7. The Balaban J connectivity index is 1.18. The molecule has 0 aliphatic heterocycles. The van der Waals surface area contributed by atoms with Gasteiger partial charge in [0.1, 0.15) is 11.5 Å². The van der Waals surface area contributed by atoms with Gasteiger partial charge in [-0.1, -0.05) is 158 Å². The van der Waals surface area contributed by atoms with E-state index in [1.807, 2.05) is 12.1 Å². The number of phenols is 2. The van der Waals surface area contributed by atoms with Crippen molar-refractivity contribution in [2.75, 3.05) is 0 Å². The molecule has 0 aromatic heterocycles. The monoisotopic (exact) mass is 718 g/mol. The minimum atomic E-state index is 0.0923. The number of para-hydroxylation sites is 4. The first-order valence-electron chi connectivity index (χ1n) is 18.6. The molecule has 0 unspecified atom stereocenters. The Labute approximate surface area is 325 Å². The van der Waals surface area contributed by atoms with E-state index < -0.39 is 0 Å². The molecule has 0 heterocycles. The topological polar surface area (TPSA) is 58.9 Å². The number of benzene rings is 10. The van der Waals surface area contributed by atoms with Crippen LogP contribution in [0, 0.1) is 0 Å². The summed E-state index contributed by atoms with van der Waals surface area (Å²) in [6, 6.07) is 61.2. The lowest BCUT2D eigenvalue weighted by atomic mass is 9.75. The summed E-state index contributed by atoms with van der Waals surface area (Å²) in [6.45, 7) is 0. The van der Waals surface area contributed by atoms with Crippen molar-refractivity contribution in [2.24, 2.45) is 0 Å². The number of phenolic OH excluding ortho intramolecular Hbond substituents is 2. The lowest BCUT2D eigenvalue weighted by Crippen LogP contribution is -2.23. The van der Waals surface area contributed by atoms with Gasteiger partial charge in [-0.05, 0) is 111 Å². The molecule has 2 N–H and O–H groups in total. The molecule has 0 amide bonds. The van der Waals surface area contributed by atoms with Gasteiger partial charge in [0.05, 0.1) is 0 Å². The third-order valence-electron chi connectivity index (χ3n) is 10.7. The molecule has 10 rings (SSSR count). The van der Waals surface area contributed by atoms with Crippen molar-refractivity contribution < 1.29 is 19.5 Å². The van der Waals surface area contributed by atoms with Crippen molar-refractivity contribution in [2.45, 2.75) is 0 Å². The molecule has 0 aliphatic carbocycles. The van der Waals surface area contributed by atoms with Crippen molar-refractivity contribution in [3.8, 4) is 45.3 Å². The minimum Gasteiger partial charge on any atom is -0.555 e. The fourth-order valence-corrected chi connectivity index (χ4v) is 8.25. The average Bonchev–Trinajstić information content (AvgIpc) is 3.25. The highest BCUT2D eigenvalue weighted by Gasteiger charge is 2.22. The molecule has 10 aromatic carbocycles. The Morgan fingerprint density at radius 3 is 0.875 bits per heavy atom. The van der Waals surface area contributed by atoms with Gasteiger partial charge in [-0.2, -0.15) is 0 Å². The molecule has 0 spiro atoms. The van der Waals surface area contributed by atoms with Crippen LogP contribution in [-0.4, -0.2) is 25.2 Å². The van der Waals surface area contributed by atoms with Crippen LogP contribution in [0.4, 0.5) is 0 Å². The lowest BCUT2D eigenvalue weighted by molar-refractivity contribution is 0.444. The maximum Gasteiger partial charge on any atom is 0.410 e. The standard InChI is InChI=1S/C50H32B2O4/c53-43-25-11-13-27-45(43)55-51-49-39-21-7-3-17-33(39)47(34-18-4-8-22-40(34)49)37-29-30-38(32-16-2-1-15-31(32)37)48-35-19-5-9-23-41(35)50(42-24-10-6-20-36(42)48)52-56-46-28-14-12-26-44(46)54/h1-30,53-54H. The number of rotatable bonds is 8. The van der Waals surface area contributed by atoms with Gasteiger partial charge in [0, 0.05) is 0 Å². The molecule has 6 heteroatoms. The van der Waals surface area contributed by atoms with E-state index in [1.54, 1.807) is 51.4 Å². The van der Waals surface area contributed by atoms with Gasteiger partial charge >= 0.3 is 15.0 Å². The van der Waals surface area contributed by atoms with E-state index in [4.69, 9.17) is 9.31 Å². The first kappa shape index (κ1) is 33.4. The molecule has 10 aromatic rings. The molecule has 56 heavy (non-hydrogen) atoms. The van der Waals surface area contributed by atoms with Crippen molar-refractivity contribution >= 4 is 79.8 Å². The van der Waals surface area contributed by atoms with Crippen molar-refractivity contribution in [1.29, 1.82) is 0 Å². The first-order valence-corrected chi connectivity index (χ1v) is 18.6. The minimum absolute atomic E-state index is 0.0923. The number of aromatic hydroxyl groups is 2. The zero-order valence-electron chi connectivity index (χ0n) is 30.2. The zero-order valence-corrected chi connectivity index (χ0v) is 30.2. The average molecular weight is 718 g/mol. The van der Waals surface area contributed by atoms with Crippen LogP contribution in [0.15, 0.2) is 182 Å². The molecule has 0 bridgehead atoms. The maximum atomic E-state index is 10.5. The summed E-state index contributed by atoms with van der Waals surface area (Å²) < 4.78 is 12.3. The summed E-state index contributed by atoms with van der Waals surface area (Å²) in [5, 5.41) is 31.9. The van der Waals surface area contributed by atoms with Crippen LogP contribution < -0.4 is 20.2 Å². The van der Waals surface area contributed by atoms with Gasteiger partial charge in [-0.3, -0.25) is 0 Å². The molecule has 0 fully saturated rings. The third-order valence-corrected chi connectivity index (χ3v) is 10.7. The Kier molecular flexibility index (Phi) is 8.30. The van der Waals surface area contributed by atoms with E-state index in [0.717, 1.165) is 87.0 Å². The molecule has 0 aliphatic rings. The Hall–Kier alpha value is -7.17. The molecule has 2 radical (unpaired) electrons. The highest BCUT2D eigenvalue weighted by Crippen LogP contribution is 2.44. The SMILES string of the molecule is Oc1ccccc1O[B]c1c2ccccc2c(-c2ccc(-c3c4ccccc4c([B]Oc4ccccc4O)c4ccccc34)c3ccccc23)c2ccccc12. The van der Waals surface area contributed by atoms with Gasteiger partial charge < -0.3 is 19.5 Å². The second-order valence-electron chi connectivity index (χ2n) is 13.9. The van der Waals surface area contributed by atoms with E-state index in [1.165, 1.54) is 0 Å². The summed E-state index contributed by atoms with van der Waals surface area (Å²) in [5.41, 5.74) is 6.48. The highest BCUT2D eigenvalue weighted by atomic mass is 16.4. The summed E-state index contributed by atoms with van der Waals surface area (Å²) >= 11 is 0. The van der Waals surface area contributed by atoms with Gasteiger partial charge in [-0.15, -0.1) is 0 Å². The Morgan fingerprint density at radius 1 is 0.286 bits per heavy atom. The summed E-state index contributed by atoms with van der Waals surface area (Å²) in [6.07, 6.45) is 0. The third kappa shape index (κ3) is 5.57. The van der Waals surface area contributed by atoms with E-state index in [9.17, 15) is 10.2 Å². The number of hydrogen-bond donors (Lipinski definition) is 2.